The van der Waals surface area contributed by atoms with Gasteiger partial charge in [-0.1, -0.05) is 29.5 Å². The van der Waals surface area contributed by atoms with Gasteiger partial charge in [-0.3, -0.25) is 14.5 Å². The van der Waals surface area contributed by atoms with E-state index in [9.17, 15) is 9.59 Å². The average Bonchev–Trinajstić information content (AvgIpc) is 3.12. The first-order valence-corrected chi connectivity index (χ1v) is 12.5. The summed E-state index contributed by atoms with van der Waals surface area (Å²) in [6.07, 6.45) is 0.709. The molecule has 0 radical (unpaired) electrons. The minimum absolute atomic E-state index is 0.0204. The molecule has 2 aromatic carbocycles. The molecule has 1 saturated heterocycles. The summed E-state index contributed by atoms with van der Waals surface area (Å²) in [4.78, 5) is 32.6. The Balaban J connectivity index is 1.76. The predicted octanol–water partition coefficient (Wildman–Crippen LogP) is 4.71. The van der Waals surface area contributed by atoms with Gasteiger partial charge in [0, 0.05) is 32.2 Å². The molecule has 188 valence electrons. The number of hydrogen-bond donors (Lipinski definition) is 1. The van der Waals surface area contributed by atoms with Crippen LogP contribution in [-0.2, 0) is 14.3 Å². The van der Waals surface area contributed by atoms with Crippen molar-refractivity contribution in [2.45, 2.75) is 38.9 Å². The fourth-order valence-electron chi connectivity index (χ4n) is 3.71. The lowest BCUT2D eigenvalue weighted by Gasteiger charge is -2.17. The summed E-state index contributed by atoms with van der Waals surface area (Å²) in [7, 11) is 3.09. The molecule has 1 atom stereocenters. The van der Waals surface area contributed by atoms with Gasteiger partial charge >= 0.3 is 0 Å². The number of anilines is 1. The molecule has 1 heterocycles. The number of amidine groups is 1. The highest BCUT2D eigenvalue weighted by Gasteiger charge is 2.39. The van der Waals surface area contributed by atoms with Crippen LogP contribution < -0.4 is 14.8 Å². The maximum absolute atomic E-state index is 13.3. The monoisotopic (exact) mass is 499 g/mol. The van der Waals surface area contributed by atoms with Gasteiger partial charge in [0.25, 0.3) is 0 Å². The number of carbonyl (C=O) groups is 2. The van der Waals surface area contributed by atoms with E-state index in [1.165, 1.54) is 18.9 Å². The number of aliphatic imine (C=N–C) groups is 1. The summed E-state index contributed by atoms with van der Waals surface area (Å²) in [5, 5.41) is 2.90. The maximum Gasteiger partial charge on any atom is 0.242 e. The standard InChI is InChI=1S/C26H33N3O5S/c1-6-34-13-7-12-29-25(31)23(35-26(29)28-20-10-8-17(2)14-18(20)3)16-24(30)27-21-11-9-19(32-4)15-22(21)33-5/h8-11,14-15,23H,6-7,12-13,16H2,1-5H3,(H,27,30). The highest BCUT2D eigenvalue weighted by atomic mass is 32.2. The van der Waals surface area contributed by atoms with Crippen LogP contribution in [0.5, 0.6) is 11.5 Å². The molecule has 1 unspecified atom stereocenters. The van der Waals surface area contributed by atoms with Crippen molar-refractivity contribution in [2.24, 2.45) is 4.99 Å². The molecule has 0 aromatic heterocycles. The Morgan fingerprint density at radius 1 is 1.14 bits per heavy atom. The first kappa shape index (κ1) is 26.6. The van der Waals surface area contributed by atoms with E-state index in [4.69, 9.17) is 19.2 Å². The molecule has 35 heavy (non-hydrogen) atoms. The van der Waals surface area contributed by atoms with Crippen molar-refractivity contribution >= 4 is 40.1 Å². The first-order chi connectivity index (χ1) is 16.9. The van der Waals surface area contributed by atoms with Gasteiger partial charge in [-0.2, -0.15) is 0 Å². The minimum Gasteiger partial charge on any atom is -0.497 e. The molecule has 1 aliphatic heterocycles. The molecule has 0 bridgehead atoms. The molecule has 0 saturated carbocycles. The van der Waals surface area contributed by atoms with Crippen molar-refractivity contribution in [1.29, 1.82) is 0 Å². The summed E-state index contributed by atoms with van der Waals surface area (Å²) in [6, 6.07) is 11.2. The Labute approximate surface area is 211 Å². The Bertz CT molecular complexity index is 1090. The van der Waals surface area contributed by atoms with E-state index in [1.807, 2.05) is 32.9 Å². The number of hydrogen-bond acceptors (Lipinski definition) is 7. The third kappa shape index (κ3) is 6.99. The van der Waals surface area contributed by atoms with E-state index in [1.54, 1.807) is 30.2 Å². The Hall–Kier alpha value is -3.04. The molecule has 2 aromatic rings. The molecule has 1 aliphatic rings. The number of nitrogens with zero attached hydrogens (tertiary/aromatic N) is 2. The van der Waals surface area contributed by atoms with Crippen LogP contribution >= 0.6 is 11.8 Å². The van der Waals surface area contributed by atoms with E-state index >= 15 is 0 Å². The van der Waals surface area contributed by atoms with Crippen LogP contribution in [-0.4, -0.2) is 61.1 Å². The Morgan fingerprint density at radius 3 is 2.63 bits per heavy atom. The molecule has 3 rings (SSSR count). The summed E-state index contributed by atoms with van der Waals surface area (Å²) in [6.45, 7) is 7.65. The molecule has 0 aliphatic carbocycles. The topological polar surface area (TPSA) is 89.5 Å². The van der Waals surface area contributed by atoms with Crippen LogP contribution in [0, 0.1) is 13.8 Å². The lowest BCUT2D eigenvalue weighted by atomic mass is 10.1. The van der Waals surface area contributed by atoms with Crippen molar-refractivity contribution in [3.05, 3.63) is 47.5 Å². The summed E-state index contributed by atoms with van der Waals surface area (Å²) < 4.78 is 16.0. The van der Waals surface area contributed by atoms with Crippen LogP contribution in [0.1, 0.15) is 30.9 Å². The second-order valence-corrected chi connectivity index (χ2v) is 9.32. The second kappa shape index (κ2) is 12.6. The van der Waals surface area contributed by atoms with Crippen LogP contribution in [0.4, 0.5) is 11.4 Å². The minimum atomic E-state index is -0.559. The molecule has 1 fully saturated rings. The van der Waals surface area contributed by atoms with Gasteiger partial charge < -0.3 is 19.5 Å². The fourth-order valence-corrected chi connectivity index (χ4v) is 4.88. The molecule has 2 amide bonds. The number of methoxy groups -OCH3 is 2. The van der Waals surface area contributed by atoms with E-state index in [0.29, 0.717) is 48.5 Å². The van der Waals surface area contributed by atoms with Crippen molar-refractivity contribution in [2.75, 3.05) is 39.3 Å². The van der Waals surface area contributed by atoms with Crippen molar-refractivity contribution in [1.82, 2.24) is 4.90 Å². The number of rotatable bonds is 11. The lowest BCUT2D eigenvalue weighted by Crippen LogP contribution is -2.34. The maximum atomic E-state index is 13.3. The molecule has 1 N–H and O–H groups in total. The molecule has 9 heteroatoms. The second-order valence-electron chi connectivity index (χ2n) is 8.15. The van der Waals surface area contributed by atoms with Gasteiger partial charge in [-0.05, 0) is 51.0 Å². The van der Waals surface area contributed by atoms with Crippen LogP contribution in [0.15, 0.2) is 41.4 Å². The van der Waals surface area contributed by atoms with Gasteiger partial charge in [-0.15, -0.1) is 0 Å². The number of benzene rings is 2. The SMILES string of the molecule is CCOCCCN1C(=O)C(CC(=O)Nc2ccc(OC)cc2OC)SC1=Nc1ccc(C)cc1C. The number of carbonyl (C=O) groups excluding carboxylic acids is 2. The van der Waals surface area contributed by atoms with Crippen LogP contribution in [0.3, 0.4) is 0 Å². The highest BCUT2D eigenvalue weighted by Crippen LogP contribution is 2.34. The normalized spacial score (nSPS) is 16.6. The van der Waals surface area contributed by atoms with Crippen molar-refractivity contribution in [3.63, 3.8) is 0 Å². The van der Waals surface area contributed by atoms with Crippen molar-refractivity contribution < 1.29 is 23.8 Å². The smallest absolute Gasteiger partial charge is 0.242 e. The van der Waals surface area contributed by atoms with Crippen LogP contribution in [0.2, 0.25) is 0 Å². The zero-order chi connectivity index (χ0) is 25.4. The summed E-state index contributed by atoms with van der Waals surface area (Å²) in [5.41, 5.74) is 3.52. The van der Waals surface area contributed by atoms with E-state index in [0.717, 1.165) is 16.8 Å². The van der Waals surface area contributed by atoms with Gasteiger partial charge in [0.05, 0.1) is 25.6 Å². The van der Waals surface area contributed by atoms with E-state index in [-0.39, 0.29) is 18.2 Å². The molecule has 8 nitrogen and oxygen atoms in total. The number of thioether (sulfide) groups is 1. The fraction of sp³-hybridized carbons (Fsp3) is 0.423. The third-order valence-electron chi connectivity index (χ3n) is 5.52. The van der Waals surface area contributed by atoms with Gasteiger partial charge in [-0.25, -0.2) is 4.99 Å². The number of aryl methyl sites for hydroxylation is 2. The zero-order valence-electron chi connectivity index (χ0n) is 20.9. The number of nitrogens with one attached hydrogen (secondary N) is 1. The molecular weight excluding hydrogens is 466 g/mol. The largest absolute Gasteiger partial charge is 0.497 e. The van der Waals surface area contributed by atoms with E-state index < -0.39 is 5.25 Å². The van der Waals surface area contributed by atoms with Gasteiger partial charge in [0.2, 0.25) is 11.8 Å². The Kier molecular flexibility index (Phi) is 9.56. The molecule has 0 spiro atoms. The van der Waals surface area contributed by atoms with Gasteiger partial charge in [0.15, 0.2) is 5.17 Å². The highest BCUT2D eigenvalue weighted by molar-refractivity contribution is 8.15. The number of ether oxygens (including phenoxy) is 3. The summed E-state index contributed by atoms with van der Waals surface area (Å²) >= 11 is 1.33. The van der Waals surface area contributed by atoms with Crippen LogP contribution in [0.25, 0.3) is 0 Å². The quantitative estimate of drug-likeness (QED) is 0.451. The summed E-state index contributed by atoms with van der Waals surface area (Å²) in [5.74, 6) is 0.710. The van der Waals surface area contributed by atoms with Crippen molar-refractivity contribution in [3.8, 4) is 11.5 Å². The van der Waals surface area contributed by atoms with Gasteiger partial charge in [0.1, 0.15) is 16.7 Å². The predicted molar refractivity (Wildman–Crippen MR) is 140 cm³/mol. The number of amides is 2. The first-order valence-electron chi connectivity index (χ1n) is 11.6. The zero-order valence-corrected chi connectivity index (χ0v) is 21.7. The van der Waals surface area contributed by atoms with E-state index in [2.05, 4.69) is 11.4 Å². The average molecular weight is 500 g/mol. The third-order valence-corrected chi connectivity index (χ3v) is 6.69. The lowest BCUT2D eigenvalue weighted by molar-refractivity contribution is -0.128. The Morgan fingerprint density at radius 2 is 1.94 bits per heavy atom. The molecular formula is C26H33N3O5S.